The van der Waals surface area contributed by atoms with E-state index in [4.69, 9.17) is 6.42 Å². The fourth-order valence-corrected chi connectivity index (χ4v) is 0.792. The number of hydrogen-bond donors (Lipinski definition) is 1. The van der Waals surface area contributed by atoms with E-state index < -0.39 is 0 Å². The Bertz CT molecular complexity index is 334. The van der Waals surface area contributed by atoms with E-state index >= 15 is 0 Å². The normalized spacial score (nSPS) is 11.4. The van der Waals surface area contributed by atoms with Gasteiger partial charge in [0.05, 0.1) is 0 Å². The predicted octanol–water partition coefficient (Wildman–Crippen LogP) is 2.22. The molecule has 0 radical (unpaired) electrons. The fourth-order valence-electron chi connectivity index (χ4n) is 0.792. The van der Waals surface area contributed by atoms with Crippen LogP contribution in [0.15, 0.2) is 54.9 Å². The van der Waals surface area contributed by atoms with Gasteiger partial charge in [-0.1, -0.05) is 24.1 Å². The highest BCUT2D eigenvalue weighted by Gasteiger charge is 1.76. The van der Waals surface area contributed by atoms with Crippen LogP contribution < -0.4 is 5.48 Å². The Balaban J connectivity index is 0.000000146. The molecule has 0 unspecified atom stereocenters. The van der Waals surface area contributed by atoms with Gasteiger partial charge in [0, 0.05) is 11.8 Å². The summed E-state index contributed by atoms with van der Waals surface area (Å²) in [5.41, 5.74) is 3.45. The standard InChI is InChI=1S/C8H6.C4H5NO/c1-2-8-6-4-3-5-7-8;1-2-4-6-5-3-1/h1,3-7H;1-5H. The van der Waals surface area contributed by atoms with E-state index in [-0.39, 0.29) is 0 Å². The Labute approximate surface area is 83.9 Å². The van der Waals surface area contributed by atoms with E-state index in [0.29, 0.717) is 0 Å². The molecule has 0 aliphatic carbocycles. The van der Waals surface area contributed by atoms with Crippen molar-refractivity contribution in [2.24, 2.45) is 0 Å². The molecule has 2 nitrogen and oxygen atoms in total. The lowest BCUT2D eigenvalue weighted by Gasteiger charge is -1.97. The molecule has 2 heteroatoms. The van der Waals surface area contributed by atoms with Crippen molar-refractivity contribution in [2.75, 3.05) is 0 Å². The minimum atomic E-state index is 0.938. The molecule has 0 aromatic heterocycles. The summed E-state index contributed by atoms with van der Waals surface area (Å²) >= 11 is 0. The monoisotopic (exact) mass is 185 g/mol. The molecule has 1 aliphatic heterocycles. The van der Waals surface area contributed by atoms with Crippen LogP contribution in [0.5, 0.6) is 0 Å². The molecule has 0 saturated heterocycles. The highest BCUT2D eigenvalue weighted by molar-refractivity contribution is 5.30. The molecular formula is C12H11NO. The van der Waals surface area contributed by atoms with Crippen LogP contribution in [0.3, 0.4) is 0 Å². The Morgan fingerprint density at radius 3 is 2.21 bits per heavy atom. The third kappa shape index (κ3) is 4.03. The Morgan fingerprint density at radius 2 is 1.93 bits per heavy atom. The van der Waals surface area contributed by atoms with Gasteiger partial charge in [0.2, 0.25) is 0 Å². The second kappa shape index (κ2) is 6.38. The van der Waals surface area contributed by atoms with Gasteiger partial charge in [-0.3, -0.25) is 0 Å². The minimum Gasteiger partial charge on any atom is -0.391 e. The molecule has 1 N–H and O–H groups in total. The Hall–Kier alpha value is -2.14. The van der Waals surface area contributed by atoms with Crippen molar-refractivity contribution in [3.05, 3.63) is 60.5 Å². The molecule has 0 fully saturated rings. The first-order valence-electron chi connectivity index (χ1n) is 4.18. The van der Waals surface area contributed by atoms with Gasteiger partial charge in [0.25, 0.3) is 0 Å². The first-order chi connectivity index (χ1) is 6.93. The highest BCUT2D eigenvalue weighted by atomic mass is 16.6. The van der Waals surface area contributed by atoms with Gasteiger partial charge in [0.15, 0.2) is 0 Å². The number of rotatable bonds is 0. The van der Waals surface area contributed by atoms with Crippen molar-refractivity contribution in [2.45, 2.75) is 0 Å². The molecule has 14 heavy (non-hydrogen) atoms. The molecule has 0 spiro atoms. The summed E-state index contributed by atoms with van der Waals surface area (Å²) in [4.78, 5) is 4.55. The zero-order valence-corrected chi connectivity index (χ0v) is 7.68. The maximum atomic E-state index is 5.10. The molecule has 0 atom stereocenters. The van der Waals surface area contributed by atoms with E-state index in [2.05, 4.69) is 16.2 Å². The second-order valence-corrected chi connectivity index (χ2v) is 2.43. The van der Waals surface area contributed by atoms with E-state index in [9.17, 15) is 0 Å². The zero-order valence-electron chi connectivity index (χ0n) is 7.68. The quantitative estimate of drug-likeness (QED) is 0.626. The molecule has 70 valence electrons. The lowest BCUT2D eigenvalue weighted by molar-refractivity contribution is 0.172. The Kier molecular flexibility index (Phi) is 4.53. The van der Waals surface area contributed by atoms with Crippen LogP contribution in [0, 0.1) is 12.3 Å². The molecule has 0 amide bonds. The first-order valence-corrected chi connectivity index (χ1v) is 4.18. The van der Waals surface area contributed by atoms with Crippen molar-refractivity contribution in [3.8, 4) is 12.3 Å². The van der Waals surface area contributed by atoms with Crippen LogP contribution in [0.25, 0.3) is 0 Å². The highest BCUT2D eigenvalue weighted by Crippen LogP contribution is 1.93. The van der Waals surface area contributed by atoms with E-state index in [1.54, 1.807) is 18.5 Å². The van der Waals surface area contributed by atoms with E-state index in [1.165, 1.54) is 0 Å². The number of benzene rings is 1. The first kappa shape index (κ1) is 9.94. The van der Waals surface area contributed by atoms with Gasteiger partial charge >= 0.3 is 0 Å². The average molecular weight is 185 g/mol. The maximum Gasteiger partial charge on any atom is 0.119 e. The lowest BCUT2D eigenvalue weighted by atomic mass is 10.2. The molecule has 1 aromatic carbocycles. The molecule has 1 aromatic rings. The number of hydrogen-bond acceptors (Lipinski definition) is 2. The van der Waals surface area contributed by atoms with Crippen molar-refractivity contribution >= 4 is 0 Å². The fraction of sp³-hybridized carbons (Fsp3) is 0. The summed E-state index contributed by atoms with van der Waals surface area (Å²) in [7, 11) is 0. The van der Waals surface area contributed by atoms with Crippen molar-refractivity contribution in [1.29, 1.82) is 0 Å². The summed E-state index contributed by atoms with van der Waals surface area (Å²) in [6, 6.07) is 9.60. The SMILES string of the molecule is C#Cc1ccccc1.C1=CNOC=C1. The number of allylic oxidation sites excluding steroid dienone is 2. The molecule has 2 rings (SSSR count). The second-order valence-electron chi connectivity index (χ2n) is 2.43. The number of nitrogens with one attached hydrogen (secondary N) is 1. The van der Waals surface area contributed by atoms with Crippen LogP contribution in [-0.2, 0) is 4.84 Å². The van der Waals surface area contributed by atoms with Gasteiger partial charge in [0.1, 0.15) is 6.26 Å². The topological polar surface area (TPSA) is 21.3 Å². The van der Waals surface area contributed by atoms with Gasteiger partial charge in [-0.2, -0.15) is 0 Å². The van der Waals surface area contributed by atoms with Crippen LogP contribution >= 0.6 is 0 Å². The average Bonchev–Trinajstić information content (AvgIpc) is 2.33. The van der Waals surface area contributed by atoms with E-state index in [1.807, 2.05) is 36.4 Å². The summed E-state index contributed by atoms with van der Waals surface area (Å²) < 4.78 is 0. The predicted molar refractivity (Wildman–Crippen MR) is 56.9 cm³/mol. The molecule has 0 saturated carbocycles. The summed E-state index contributed by atoms with van der Waals surface area (Å²) in [6.07, 6.45) is 12.0. The summed E-state index contributed by atoms with van der Waals surface area (Å²) in [5, 5.41) is 0. The third-order valence-electron chi connectivity index (χ3n) is 1.43. The lowest BCUT2D eigenvalue weighted by Crippen LogP contribution is -2.01. The Morgan fingerprint density at radius 1 is 1.14 bits per heavy atom. The van der Waals surface area contributed by atoms with E-state index in [0.717, 1.165) is 5.56 Å². The van der Waals surface area contributed by atoms with Crippen molar-refractivity contribution < 1.29 is 4.84 Å². The minimum absolute atomic E-state index is 0.938. The molecular weight excluding hydrogens is 174 g/mol. The number of hydroxylamine groups is 1. The van der Waals surface area contributed by atoms with Gasteiger partial charge in [-0.05, 0) is 24.3 Å². The molecule has 0 bridgehead atoms. The smallest absolute Gasteiger partial charge is 0.119 e. The van der Waals surface area contributed by atoms with Gasteiger partial charge < -0.3 is 4.84 Å². The largest absolute Gasteiger partial charge is 0.391 e. The zero-order chi connectivity index (χ0) is 10.1. The number of terminal acetylenes is 1. The van der Waals surface area contributed by atoms with Gasteiger partial charge in [-0.25, -0.2) is 5.48 Å². The van der Waals surface area contributed by atoms with Crippen LogP contribution in [0.1, 0.15) is 5.56 Å². The molecule has 1 aliphatic rings. The van der Waals surface area contributed by atoms with Crippen LogP contribution in [0.2, 0.25) is 0 Å². The van der Waals surface area contributed by atoms with Crippen LogP contribution in [-0.4, -0.2) is 0 Å². The molecule has 1 heterocycles. The van der Waals surface area contributed by atoms with Gasteiger partial charge in [-0.15, -0.1) is 6.42 Å². The third-order valence-corrected chi connectivity index (χ3v) is 1.43. The summed E-state index contributed by atoms with van der Waals surface area (Å²) in [5.74, 6) is 2.53. The summed E-state index contributed by atoms with van der Waals surface area (Å²) in [6.45, 7) is 0. The van der Waals surface area contributed by atoms with Crippen molar-refractivity contribution in [1.82, 2.24) is 5.48 Å². The maximum absolute atomic E-state index is 5.10. The van der Waals surface area contributed by atoms with Crippen LogP contribution in [0.4, 0.5) is 0 Å². The van der Waals surface area contributed by atoms with Crippen molar-refractivity contribution in [3.63, 3.8) is 0 Å².